The summed E-state index contributed by atoms with van der Waals surface area (Å²) in [5.74, 6) is 0. The summed E-state index contributed by atoms with van der Waals surface area (Å²) in [5.41, 5.74) is 1.69. The van der Waals surface area contributed by atoms with Crippen LogP contribution in [0, 0.1) is 12.3 Å². The van der Waals surface area contributed by atoms with Crippen LogP contribution in [0.25, 0.3) is 0 Å². The Labute approximate surface area is 115 Å². The standard InChI is InChI=1S/C15H26N2S/c1-6-12-11(3)18-13(17-12)15(16-7-2)10-8-9-14(15,4)5/h16H,6-10H2,1-5H3. The van der Waals surface area contributed by atoms with Gasteiger partial charge in [-0.1, -0.05) is 34.1 Å². The lowest BCUT2D eigenvalue weighted by Crippen LogP contribution is -2.49. The highest BCUT2D eigenvalue weighted by Gasteiger charge is 2.51. The number of hydrogen-bond acceptors (Lipinski definition) is 3. The molecule has 1 fully saturated rings. The summed E-state index contributed by atoms with van der Waals surface area (Å²) in [6.07, 6.45) is 4.87. The van der Waals surface area contributed by atoms with Crippen LogP contribution in [0.5, 0.6) is 0 Å². The molecule has 0 aliphatic heterocycles. The molecule has 1 atom stereocenters. The maximum atomic E-state index is 4.95. The summed E-state index contributed by atoms with van der Waals surface area (Å²) < 4.78 is 0. The third kappa shape index (κ3) is 2.01. The van der Waals surface area contributed by atoms with Gasteiger partial charge in [0.1, 0.15) is 5.01 Å². The zero-order valence-electron chi connectivity index (χ0n) is 12.4. The molecule has 2 rings (SSSR count). The highest BCUT2D eigenvalue weighted by molar-refractivity contribution is 7.11. The minimum absolute atomic E-state index is 0.102. The molecule has 1 aliphatic carbocycles. The molecule has 1 unspecified atom stereocenters. The molecule has 1 aromatic rings. The molecule has 0 saturated heterocycles. The molecule has 1 saturated carbocycles. The van der Waals surface area contributed by atoms with Gasteiger partial charge in [0.2, 0.25) is 0 Å². The quantitative estimate of drug-likeness (QED) is 0.890. The zero-order valence-corrected chi connectivity index (χ0v) is 13.2. The van der Waals surface area contributed by atoms with Crippen LogP contribution in [-0.4, -0.2) is 11.5 Å². The van der Waals surface area contributed by atoms with Crippen molar-refractivity contribution in [3.05, 3.63) is 15.6 Å². The molecule has 3 heteroatoms. The average Bonchev–Trinajstić information content (AvgIpc) is 2.81. The van der Waals surface area contributed by atoms with E-state index in [1.807, 2.05) is 11.3 Å². The van der Waals surface area contributed by atoms with Crippen molar-refractivity contribution in [3.63, 3.8) is 0 Å². The predicted molar refractivity (Wildman–Crippen MR) is 79.2 cm³/mol. The summed E-state index contributed by atoms with van der Waals surface area (Å²) in [5, 5.41) is 5.10. The molecule has 0 amide bonds. The van der Waals surface area contributed by atoms with Gasteiger partial charge >= 0.3 is 0 Å². The van der Waals surface area contributed by atoms with Crippen molar-refractivity contribution in [3.8, 4) is 0 Å². The number of nitrogens with one attached hydrogen (secondary N) is 1. The molecule has 0 spiro atoms. The van der Waals surface area contributed by atoms with Crippen LogP contribution >= 0.6 is 11.3 Å². The van der Waals surface area contributed by atoms with E-state index in [-0.39, 0.29) is 5.54 Å². The first kappa shape index (κ1) is 14.0. The third-order valence-corrected chi connectivity index (χ3v) is 5.75. The topological polar surface area (TPSA) is 24.9 Å². The van der Waals surface area contributed by atoms with Gasteiger partial charge in [-0.3, -0.25) is 0 Å². The van der Waals surface area contributed by atoms with E-state index in [0.717, 1.165) is 13.0 Å². The van der Waals surface area contributed by atoms with E-state index in [1.165, 1.54) is 34.8 Å². The smallest absolute Gasteiger partial charge is 0.114 e. The van der Waals surface area contributed by atoms with Crippen molar-refractivity contribution in [2.75, 3.05) is 6.54 Å². The fourth-order valence-corrected chi connectivity index (χ4v) is 4.77. The van der Waals surface area contributed by atoms with E-state index in [2.05, 4.69) is 39.9 Å². The van der Waals surface area contributed by atoms with Crippen molar-refractivity contribution in [2.45, 2.75) is 65.8 Å². The van der Waals surface area contributed by atoms with E-state index in [0.29, 0.717) is 5.41 Å². The Morgan fingerprint density at radius 1 is 1.28 bits per heavy atom. The van der Waals surface area contributed by atoms with Crippen molar-refractivity contribution < 1.29 is 0 Å². The second-order valence-corrected chi connectivity index (χ2v) is 7.25. The van der Waals surface area contributed by atoms with E-state index in [4.69, 9.17) is 4.98 Å². The van der Waals surface area contributed by atoms with Gasteiger partial charge in [-0.25, -0.2) is 4.98 Å². The normalized spacial score (nSPS) is 26.7. The number of hydrogen-bond donors (Lipinski definition) is 1. The van der Waals surface area contributed by atoms with Crippen LogP contribution < -0.4 is 5.32 Å². The molecule has 1 N–H and O–H groups in total. The first-order valence-electron chi connectivity index (χ1n) is 7.18. The van der Waals surface area contributed by atoms with Gasteiger partial charge in [-0.2, -0.15) is 0 Å². The van der Waals surface area contributed by atoms with Gasteiger partial charge in [-0.05, 0) is 38.1 Å². The Balaban J connectivity index is 2.47. The molecular weight excluding hydrogens is 240 g/mol. The highest BCUT2D eigenvalue weighted by Crippen LogP contribution is 2.53. The number of nitrogens with zero attached hydrogens (tertiary/aromatic N) is 1. The summed E-state index contributed by atoms with van der Waals surface area (Å²) in [6.45, 7) is 12.4. The first-order valence-corrected chi connectivity index (χ1v) is 8.00. The maximum Gasteiger partial charge on any atom is 0.114 e. The van der Waals surface area contributed by atoms with E-state index in [1.54, 1.807) is 0 Å². The Hall–Kier alpha value is -0.410. The summed E-state index contributed by atoms with van der Waals surface area (Å²) in [6, 6.07) is 0. The van der Waals surface area contributed by atoms with Crippen molar-refractivity contribution in [2.24, 2.45) is 5.41 Å². The fraction of sp³-hybridized carbons (Fsp3) is 0.800. The van der Waals surface area contributed by atoms with Gasteiger partial charge in [0.05, 0.1) is 11.2 Å². The Morgan fingerprint density at radius 2 is 2.00 bits per heavy atom. The molecule has 0 aromatic carbocycles. The van der Waals surface area contributed by atoms with Gasteiger partial charge in [0.25, 0.3) is 0 Å². The fourth-order valence-electron chi connectivity index (χ4n) is 3.39. The molecule has 1 aliphatic rings. The van der Waals surface area contributed by atoms with E-state index in [9.17, 15) is 0 Å². The van der Waals surface area contributed by atoms with Gasteiger partial charge < -0.3 is 5.32 Å². The minimum Gasteiger partial charge on any atom is -0.305 e. The number of thiazole rings is 1. The van der Waals surface area contributed by atoms with E-state index >= 15 is 0 Å². The Morgan fingerprint density at radius 3 is 2.44 bits per heavy atom. The van der Waals surface area contributed by atoms with Crippen molar-refractivity contribution >= 4 is 11.3 Å². The summed E-state index contributed by atoms with van der Waals surface area (Å²) in [4.78, 5) is 6.35. The average molecular weight is 266 g/mol. The predicted octanol–water partition coefficient (Wildman–Crippen LogP) is 4.03. The van der Waals surface area contributed by atoms with Gasteiger partial charge in [-0.15, -0.1) is 11.3 Å². The SMILES string of the molecule is CCNC1(c2nc(CC)c(C)s2)CCCC1(C)C. The largest absolute Gasteiger partial charge is 0.305 e. The molecule has 0 bridgehead atoms. The lowest BCUT2D eigenvalue weighted by atomic mass is 9.75. The van der Waals surface area contributed by atoms with Crippen LogP contribution in [0.4, 0.5) is 0 Å². The lowest BCUT2D eigenvalue weighted by molar-refractivity contribution is 0.158. The van der Waals surface area contributed by atoms with Crippen LogP contribution in [0.2, 0.25) is 0 Å². The highest BCUT2D eigenvalue weighted by atomic mass is 32.1. The van der Waals surface area contributed by atoms with Gasteiger partial charge in [0, 0.05) is 4.88 Å². The summed E-state index contributed by atoms with van der Waals surface area (Å²) in [7, 11) is 0. The minimum atomic E-state index is 0.102. The first-order chi connectivity index (χ1) is 8.47. The Kier molecular flexibility index (Phi) is 3.84. The molecule has 1 aromatic heterocycles. The zero-order chi connectivity index (χ0) is 13.4. The molecule has 18 heavy (non-hydrogen) atoms. The molecule has 102 valence electrons. The van der Waals surface area contributed by atoms with Gasteiger partial charge in [0.15, 0.2) is 0 Å². The van der Waals surface area contributed by atoms with Crippen LogP contribution in [0.3, 0.4) is 0 Å². The van der Waals surface area contributed by atoms with Crippen LogP contribution in [0.15, 0.2) is 0 Å². The Bertz CT molecular complexity index is 422. The molecular formula is C15H26N2S. The van der Waals surface area contributed by atoms with E-state index < -0.39 is 0 Å². The van der Waals surface area contributed by atoms with Crippen molar-refractivity contribution in [1.29, 1.82) is 0 Å². The number of aromatic nitrogens is 1. The third-order valence-electron chi connectivity index (χ3n) is 4.58. The lowest BCUT2D eigenvalue weighted by Gasteiger charge is -2.41. The van der Waals surface area contributed by atoms with Crippen molar-refractivity contribution in [1.82, 2.24) is 10.3 Å². The van der Waals surface area contributed by atoms with Crippen LogP contribution in [-0.2, 0) is 12.0 Å². The summed E-state index contributed by atoms with van der Waals surface area (Å²) >= 11 is 1.90. The number of aryl methyl sites for hydroxylation is 2. The second kappa shape index (κ2) is 4.93. The maximum absolute atomic E-state index is 4.95. The molecule has 1 heterocycles. The monoisotopic (exact) mass is 266 g/mol. The number of rotatable bonds is 4. The second-order valence-electron chi connectivity index (χ2n) is 6.05. The van der Waals surface area contributed by atoms with Crippen LogP contribution in [0.1, 0.15) is 62.5 Å². The molecule has 2 nitrogen and oxygen atoms in total. The molecule has 0 radical (unpaired) electrons.